The maximum Gasteiger partial charge on any atom is 0.198 e. The molecule has 0 atom stereocenters. The van der Waals surface area contributed by atoms with E-state index >= 15 is 0 Å². The summed E-state index contributed by atoms with van der Waals surface area (Å²) in [5.74, 6) is 1.50. The largest absolute Gasteiger partial charge is 0.378 e. The Hall–Kier alpha value is -1.63. The summed E-state index contributed by atoms with van der Waals surface area (Å²) in [6.45, 7) is 4.87. The smallest absolute Gasteiger partial charge is 0.198 e. The van der Waals surface area contributed by atoms with E-state index in [4.69, 9.17) is 12.6 Å². The van der Waals surface area contributed by atoms with Crippen LogP contribution in [0.2, 0.25) is 0 Å². The minimum Gasteiger partial charge on any atom is -0.378 e. The highest BCUT2D eigenvalue weighted by atomic mass is 16.5. The van der Waals surface area contributed by atoms with Gasteiger partial charge in [-0.3, -0.25) is 0 Å². The quantitative estimate of drug-likeness (QED) is 0.591. The van der Waals surface area contributed by atoms with Crippen LogP contribution in [0.15, 0.2) is 6.20 Å². The Bertz CT molecular complexity index is 549. The van der Waals surface area contributed by atoms with Crippen molar-refractivity contribution < 1.29 is 4.74 Å². The maximum atomic E-state index is 5.78. The minimum atomic E-state index is 0.448. The van der Waals surface area contributed by atoms with Gasteiger partial charge in [0.1, 0.15) is 13.7 Å². The molecule has 1 aliphatic rings. The Labute approximate surface area is 100 Å². The molecule has 7 heteroatoms. The van der Waals surface area contributed by atoms with Gasteiger partial charge < -0.3 is 9.64 Å². The summed E-state index contributed by atoms with van der Waals surface area (Å²) < 4.78 is 7.01. The zero-order valence-corrected chi connectivity index (χ0v) is 9.63. The Kier molecular flexibility index (Phi) is 2.47. The average Bonchev–Trinajstić information content (AvgIpc) is 2.69. The molecule has 2 aromatic heterocycles. The molecule has 0 aliphatic carbocycles. The summed E-state index contributed by atoms with van der Waals surface area (Å²) in [5, 5.41) is 4.26. The molecule has 0 unspecified atom stereocenters. The van der Waals surface area contributed by atoms with Crippen molar-refractivity contribution in [2.24, 2.45) is 0 Å². The van der Waals surface area contributed by atoms with Crippen molar-refractivity contribution in [3.63, 3.8) is 0 Å². The van der Waals surface area contributed by atoms with Gasteiger partial charge in [0.25, 0.3) is 0 Å². The topological polar surface area (TPSA) is 55.5 Å². The van der Waals surface area contributed by atoms with Crippen LogP contribution >= 0.6 is 0 Å². The summed E-state index contributed by atoms with van der Waals surface area (Å²) >= 11 is 0. The summed E-state index contributed by atoms with van der Waals surface area (Å²) in [6.07, 6.45) is 1.68. The lowest BCUT2D eigenvalue weighted by Crippen LogP contribution is -2.38. The van der Waals surface area contributed by atoms with Crippen molar-refractivity contribution in [1.82, 2.24) is 19.6 Å². The second-order valence-corrected chi connectivity index (χ2v) is 4.02. The second kappa shape index (κ2) is 3.99. The van der Waals surface area contributed by atoms with Gasteiger partial charge >= 0.3 is 0 Å². The number of aryl methyl sites for hydroxylation is 1. The number of nitrogens with zero attached hydrogens (tertiary/aromatic N) is 5. The first-order valence-electron chi connectivity index (χ1n) is 5.56. The number of hydrogen-bond donors (Lipinski definition) is 0. The van der Waals surface area contributed by atoms with Crippen LogP contribution in [0, 0.1) is 6.92 Å². The van der Waals surface area contributed by atoms with Crippen molar-refractivity contribution in [3.8, 4) is 0 Å². The highest BCUT2D eigenvalue weighted by molar-refractivity contribution is 6.30. The fourth-order valence-electron chi connectivity index (χ4n) is 1.99. The Balaban J connectivity index is 2.12. The maximum absolute atomic E-state index is 5.78. The Morgan fingerprint density at radius 3 is 2.82 bits per heavy atom. The lowest BCUT2D eigenvalue weighted by Gasteiger charge is -2.27. The first-order chi connectivity index (χ1) is 8.24. The monoisotopic (exact) mass is 229 g/mol. The molecule has 3 rings (SSSR count). The van der Waals surface area contributed by atoms with E-state index in [0.29, 0.717) is 24.6 Å². The van der Waals surface area contributed by atoms with Crippen LogP contribution in [0.25, 0.3) is 5.65 Å². The Morgan fingerprint density at radius 1 is 1.29 bits per heavy atom. The molecule has 0 aromatic carbocycles. The van der Waals surface area contributed by atoms with Crippen molar-refractivity contribution in [3.05, 3.63) is 12.0 Å². The van der Waals surface area contributed by atoms with Crippen LogP contribution in [-0.2, 0) is 4.74 Å². The number of anilines is 1. The second-order valence-electron chi connectivity index (χ2n) is 4.02. The number of ether oxygens (including phenoxy) is 1. The molecule has 1 fully saturated rings. The van der Waals surface area contributed by atoms with E-state index in [1.807, 2.05) is 6.92 Å². The molecular weight excluding hydrogens is 217 g/mol. The summed E-state index contributed by atoms with van der Waals surface area (Å²) in [7, 11) is 5.78. The van der Waals surface area contributed by atoms with Gasteiger partial charge in [-0.2, -0.15) is 5.10 Å². The standard InChI is InChI=1S/C10H12BN5O/c1-7-12-10-9(15-2-4-17-5-3-15)13-8(11)6-16(10)14-7/h6H,2-5H2,1H3. The third kappa shape index (κ3) is 1.86. The SMILES string of the molecule is [B]c1cn2nc(C)nc2c(N2CCOCC2)n1. The van der Waals surface area contributed by atoms with Crippen molar-refractivity contribution in [2.45, 2.75) is 6.92 Å². The molecule has 0 N–H and O–H groups in total. The molecule has 6 nitrogen and oxygen atoms in total. The van der Waals surface area contributed by atoms with Crippen molar-refractivity contribution >= 4 is 24.9 Å². The fourth-order valence-corrected chi connectivity index (χ4v) is 1.99. The van der Waals surface area contributed by atoms with E-state index in [-0.39, 0.29) is 0 Å². The molecule has 86 valence electrons. The third-order valence-electron chi connectivity index (χ3n) is 2.74. The zero-order valence-electron chi connectivity index (χ0n) is 9.63. The number of rotatable bonds is 1. The van der Waals surface area contributed by atoms with Gasteiger partial charge in [-0.25, -0.2) is 14.5 Å². The van der Waals surface area contributed by atoms with Gasteiger partial charge in [0, 0.05) is 24.9 Å². The molecule has 2 radical (unpaired) electrons. The van der Waals surface area contributed by atoms with Crippen LogP contribution < -0.4 is 10.5 Å². The molecule has 0 bridgehead atoms. The van der Waals surface area contributed by atoms with Crippen molar-refractivity contribution in [2.75, 3.05) is 31.2 Å². The Morgan fingerprint density at radius 2 is 2.06 bits per heavy atom. The van der Waals surface area contributed by atoms with Crippen LogP contribution in [0.5, 0.6) is 0 Å². The van der Waals surface area contributed by atoms with Gasteiger partial charge in [0.05, 0.1) is 13.2 Å². The van der Waals surface area contributed by atoms with Gasteiger partial charge in [0.15, 0.2) is 11.5 Å². The van der Waals surface area contributed by atoms with Gasteiger partial charge in [0.2, 0.25) is 0 Å². The van der Waals surface area contributed by atoms with E-state index in [2.05, 4.69) is 20.0 Å². The molecule has 3 heterocycles. The molecule has 0 spiro atoms. The molecule has 1 saturated heterocycles. The van der Waals surface area contributed by atoms with Crippen LogP contribution in [0.4, 0.5) is 5.82 Å². The van der Waals surface area contributed by atoms with E-state index in [1.165, 1.54) is 0 Å². The zero-order chi connectivity index (χ0) is 11.8. The number of fused-ring (bicyclic) bond motifs is 1. The number of aromatic nitrogens is 4. The molecule has 1 aliphatic heterocycles. The molecule has 17 heavy (non-hydrogen) atoms. The minimum absolute atomic E-state index is 0.448. The van der Waals surface area contributed by atoms with E-state index < -0.39 is 0 Å². The first kappa shape index (κ1) is 10.5. The average molecular weight is 229 g/mol. The molecular formula is C10H12BN5O. The fraction of sp³-hybridized carbons (Fsp3) is 0.500. The van der Waals surface area contributed by atoms with Gasteiger partial charge in [-0.15, -0.1) is 0 Å². The lowest BCUT2D eigenvalue weighted by molar-refractivity contribution is 0.122. The lowest BCUT2D eigenvalue weighted by atomic mass is 10.1. The van der Waals surface area contributed by atoms with Gasteiger partial charge in [-0.1, -0.05) is 0 Å². The van der Waals surface area contributed by atoms with Crippen LogP contribution in [0.1, 0.15) is 5.82 Å². The highest BCUT2D eigenvalue weighted by Crippen LogP contribution is 2.16. The van der Waals surface area contributed by atoms with Crippen LogP contribution in [0.3, 0.4) is 0 Å². The van der Waals surface area contributed by atoms with Crippen molar-refractivity contribution in [1.29, 1.82) is 0 Å². The summed E-state index contributed by atoms with van der Waals surface area (Å²) in [6, 6.07) is 0. The number of morpholine rings is 1. The summed E-state index contributed by atoms with van der Waals surface area (Å²) in [5.41, 5.74) is 1.20. The predicted octanol–water partition coefficient (Wildman–Crippen LogP) is -0.937. The van der Waals surface area contributed by atoms with Gasteiger partial charge in [-0.05, 0) is 6.92 Å². The van der Waals surface area contributed by atoms with E-state index in [0.717, 1.165) is 24.6 Å². The van der Waals surface area contributed by atoms with Crippen LogP contribution in [-0.4, -0.2) is 53.7 Å². The molecule has 0 amide bonds. The third-order valence-corrected chi connectivity index (χ3v) is 2.74. The van der Waals surface area contributed by atoms with E-state index in [9.17, 15) is 0 Å². The normalized spacial score (nSPS) is 16.6. The number of hydrogen-bond acceptors (Lipinski definition) is 5. The van der Waals surface area contributed by atoms with E-state index in [1.54, 1.807) is 10.7 Å². The molecule has 0 saturated carbocycles. The highest BCUT2D eigenvalue weighted by Gasteiger charge is 2.17. The molecule has 2 aromatic rings. The first-order valence-corrected chi connectivity index (χ1v) is 5.56. The summed E-state index contributed by atoms with van der Waals surface area (Å²) in [4.78, 5) is 10.9. The predicted molar refractivity (Wildman–Crippen MR) is 63.9 cm³/mol.